The number of anilines is 2. The molecule has 5 nitrogen and oxygen atoms in total. The van der Waals surface area contributed by atoms with Gasteiger partial charge in [0.1, 0.15) is 0 Å². The van der Waals surface area contributed by atoms with Crippen LogP contribution in [0.5, 0.6) is 0 Å². The van der Waals surface area contributed by atoms with Gasteiger partial charge in [0.2, 0.25) is 0 Å². The molecule has 0 saturated carbocycles. The standard InChI is InChI=1S/C26H35ClN4O/c1-19-6-11-30(12-7-19)13-8-21-9-14-31(15-10-21)25-24(17-23(27)18-28-25)29-26(32)22-5-3-4-20(2)16-22/h3-5,16-19,21H,6-15H2,1-2H3,(H,29,32). The van der Waals surface area contributed by atoms with Crippen molar-refractivity contribution >= 4 is 29.0 Å². The number of aryl methyl sites for hydroxylation is 1. The van der Waals surface area contributed by atoms with E-state index in [4.69, 9.17) is 11.6 Å². The topological polar surface area (TPSA) is 48.5 Å². The van der Waals surface area contributed by atoms with Crippen LogP contribution in [-0.4, -0.2) is 48.5 Å². The lowest BCUT2D eigenvalue weighted by atomic mass is 9.92. The number of carbonyl (C=O) groups is 1. The Bertz CT molecular complexity index is 918. The number of halogens is 1. The van der Waals surface area contributed by atoms with E-state index in [2.05, 4.69) is 27.0 Å². The highest BCUT2D eigenvalue weighted by Gasteiger charge is 2.24. The normalized spacial score (nSPS) is 18.7. The summed E-state index contributed by atoms with van der Waals surface area (Å²) in [5.41, 5.74) is 2.38. The molecule has 2 fully saturated rings. The third-order valence-electron chi connectivity index (χ3n) is 7.01. The Kier molecular flexibility index (Phi) is 7.69. The van der Waals surface area contributed by atoms with Crippen molar-refractivity contribution in [1.29, 1.82) is 0 Å². The fourth-order valence-electron chi connectivity index (χ4n) is 4.84. The molecule has 1 amide bonds. The molecule has 2 aliphatic rings. The summed E-state index contributed by atoms with van der Waals surface area (Å²) in [6.45, 7) is 10.0. The molecule has 2 saturated heterocycles. The lowest BCUT2D eigenvalue weighted by Crippen LogP contribution is -2.38. The van der Waals surface area contributed by atoms with Crippen LogP contribution < -0.4 is 10.2 Å². The van der Waals surface area contributed by atoms with Gasteiger partial charge >= 0.3 is 0 Å². The van der Waals surface area contributed by atoms with Crippen molar-refractivity contribution < 1.29 is 4.79 Å². The Morgan fingerprint density at radius 3 is 2.59 bits per heavy atom. The van der Waals surface area contributed by atoms with Gasteiger partial charge in [-0.25, -0.2) is 4.98 Å². The number of likely N-dealkylation sites (tertiary alicyclic amines) is 1. The Balaban J connectivity index is 1.34. The maximum Gasteiger partial charge on any atom is 0.255 e. The van der Waals surface area contributed by atoms with Gasteiger partial charge in [-0.15, -0.1) is 0 Å². The van der Waals surface area contributed by atoms with E-state index in [0.29, 0.717) is 16.3 Å². The zero-order valence-electron chi connectivity index (χ0n) is 19.3. The summed E-state index contributed by atoms with van der Waals surface area (Å²) in [6, 6.07) is 9.41. The van der Waals surface area contributed by atoms with E-state index in [-0.39, 0.29) is 5.91 Å². The minimum absolute atomic E-state index is 0.134. The molecule has 0 atom stereocenters. The maximum absolute atomic E-state index is 12.8. The highest BCUT2D eigenvalue weighted by molar-refractivity contribution is 6.31. The number of amides is 1. The van der Waals surface area contributed by atoms with Crippen LogP contribution in [0.3, 0.4) is 0 Å². The lowest BCUT2D eigenvalue weighted by molar-refractivity contribution is 0.102. The van der Waals surface area contributed by atoms with E-state index in [0.717, 1.165) is 36.3 Å². The molecule has 3 heterocycles. The molecule has 0 spiro atoms. The summed E-state index contributed by atoms with van der Waals surface area (Å²) in [5, 5.41) is 3.57. The quantitative estimate of drug-likeness (QED) is 0.614. The molecule has 6 heteroatoms. The van der Waals surface area contributed by atoms with E-state index >= 15 is 0 Å². The van der Waals surface area contributed by atoms with Crippen molar-refractivity contribution in [2.45, 2.75) is 46.0 Å². The van der Waals surface area contributed by atoms with Gasteiger partial charge in [0.25, 0.3) is 5.91 Å². The van der Waals surface area contributed by atoms with Gasteiger partial charge in [-0.3, -0.25) is 4.79 Å². The predicted molar refractivity (Wildman–Crippen MR) is 133 cm³/mol. The van der Waals surface area contributed by atoms with Crippen LogP contribution in [-0.2, 0) is 0 Å². The fourth-order valence-corrected chi connectivity index (χ4v) is 5.00. The third kappa shape index (κ3) is 6.02. The Morgan fingerprint density at radius 1 is 1.12 bits per heavy atom. The largest absolute Gasteiger partial charge is 0.355 e. The Labute approximate surface area is 197 Å². The average Bonchev–Trinajstić information content (AvgIpc) is 2.79. The molecular weight excluding hydrogens is 420 g/mol. The zero-order chi connectivity index (χ0) is 22.5. The van der Waals surface area contributed by atoms with E-state index < -0.39 is 0 Å². The predicted octanol–water partition coefficient (Wildman–Crippen LogP) is 5.63. The van der Waals surface area contributed by atoms with Crippen molar-refractivity contribution in [3.05, 3.63) is 52.7 Å². The van der Waals surface area contributed by atoms with Crippen LogP contribution in [0.25, 0.3) is 0 Å². The highest BCUT2D eigenvalue weighted by atomic mass is 35.5. The summed E-state index contributed by atoms with van der Waals surface area (Å²) in [4.78, 5) is 22.3. The van der Waals surface area contributed by atoms with E-state index in [9.17, 15) is 4.79 Å². The molecule has 172 valence electrons. The minimum atomic E-state index is -0.134. The molecule has 1 aromatic heterocycles. The van der Waals surface area contributed by atoms with Gasteiger partial charge < -0.3 is 15.1 Å². The van der Waals surface area contributed by atoms with Gasteiger partial charge in [-0.2, -0.15) is 0 Å². The van der Waals surface area contributed by atoms with Gasteiger partial charge in [-0.1, -0.05) is 36.2 Å². The molecule has 1 aromatic carbocycles. The highest BCUT2D eigenvalue weighted by Crippen LogP contribution is 2.31. The van der Waals surface area contributed by atoms with Crippen molar-refractivity contribution in [1.82, 2.24) is 9.88 Å². The number of aromatic nitrogens is 1. The second-order valence-electron chi connectivity index (χ2n) is 9.59. The molecule has 0 radical (unpaired) electrons. The van der Waals surface area contributed by atoms with Crippen LogP contribution in [0.4, 0.5) is 11.5 Å². The van der Waals surface area contributed by atoms with Crippen LogP contribution in [0.15, 0.2) is 36.5 Å². The molecule has 2 aromatic rings. The Hall–Kier alpha value is -2.11. The number of nitrogens with zero attached hydrogens (tertiary/aromatic N) is 3. The van der Waals surface area contributed by atoms with Crippen LogP contribution in [0.2, 0.25) is 5.02 Å². The SMILES string of the molecule is Cc1cccc(C(=O)Nc2cc(Cl)cnc2N2CCC(CCN3CCC(C)CC3)CC2)c1. The van der Waals surface area contributed by atoms with Gasteiger partial charge in [0.05, 0.1) is 10.7 Å². The molecule has 32 heavy (non-hydrogen) atoms. The van der Waals surface area contributed by atoms with E-state index in [1.54, 1.807) is 12.3 Å². The summed E-state index contributed by atoms with van der Waals surface area (Å²) >= 11 is 6.22. The van der Waals surface area contributed by atoms with Crippen LogP contribution in [0, 0.1) is 18.8 Å². The first-order valence-electron chi connectivity index (χ1n) is 12.0. The van der Waals surface area contributed by atoms with Crippen molar-refractivity contribution in [3.8, 4) is 0 Å². The maximum atomic E-state index is 12.8. The summed E-state index contributed by atoms with van der Waals surface area (Å²) in [7, 11) is 0. The van der Waals surface area contributed by atoms with E-state index in [1.807, 2.05) is 31.2 Å². The molecule has 2 aliphatic heterocycles. The molecule has 1 N–H and O–H groups in total. The smallest absolute Gasteiger partial charge is 0.255 e. The number of hydrogen-bond donors (Lipinski definition) is 1. The number of rotatable bonds is 6. The van der Waals surface area contributed by atoms with E-state index in [1.165, 1.54) is 51.7 Å². The number of nitrogens with one attached hydrogen (secondary N) is 1. The molecule has 4 rings (SSSR count). The zero-order valence-corrected chi connectivity index (χ0v) is 20.1. The van der Waals surface area contributed by atoms with Gasteiger partial charge in [0.15, 0.2) is 5.82 Å². The summed E-state index contributed by atoms with van der Waals surface area (Å²) in [5.74, 6) is 2.34. The van der Waals surface area contributed by atoms with Gasteiger partial charge in [0, 0.05) is 24.8 Å². The fraction of sp³-hybridized carbons (Fsp3) is 0.538. The van der Waals surface area contributed by atoms with Crippen molar-refractivity contribution in [2.24, 2.45) is 11.8 Å². The second-order valence-corrected chi connectivity index (χ2v) is 10.0. The number of benzene rings is 1. The first-order chi connectivity index (χ1) is 15.5. The first kappa shape index (κ1) is 23.1. The number of hydrogen-bond acceptors (Lipinski definition) is 4. The average molecular weight is 455 g/mol. The Morgan fingerprint density at radius 2 is 1.88 bits per heavy atom. The van der Waals surface area contributed by atoms with Gasteiger partial charge in [-0.05, 0) is 88.7 Å². The third-order valence-corrected chi connectivity index (χ3v) is 7.21. The monoisotopic (exact) mass is 454 g/mol. The lowest BCUT2D eigenvalue weighted by Gasteiger charge is -2.36. The van der Waals surface area contributed by atoms with Crippen LogP contribution in [0.1, 0.15) is 54.9 Å². The minimum Gasteiger partial charge on any atom is -0.355 e. The second kappa shape index (κ2) is 10.7. The number of piperidine rings is 2. The van der Waals surface area contributed by atoms with Crippen molar-refractivity contribution in [3.63, 3.8) is 0 Å². The van der Waals surface area contributed by atoms with Crippen molar-refractivity contribution in [2.75, 3.05) is 42.9 Å². The molecular formula is C26H35ClN4O. The number of pyridine rings is 1. The first-order valence-corrected chi connectivity index (χ1v) is 12.4. The molecule has 0 unspecified atom stereocenters. The summed E-state index contributed by atoms with van der Waals surface area (Å²) in [6.07, 6.45) is 7.98. The van der Waals surface area contributed by atoms with Crippen LogP contribution >= 0.6 is 11.6 Å². The summed E-state index contributed by atoms with van der Waals surface area (Å²) < 4.78 is 0. The molecule has 0 aliphatic carbocycles. The number of carbonyl (C=O) groups excluding carboxylic acids is 1. The molecule has 0 bridgehead atoms.